The number of nitrogens with zero attached hydrogens (tertiary/aromatic N) is 1. The van der Waals surface area contributed by atoms with Crippen molar-refractivity contribution in [1.82, 2.24) is 4.90 Å². The zero-order valence-electron chi connectivity index (χ0n) is 11.8. The van der Waals surface area contributed by atoms with E-state index in [1.54, 1.807) is 14.2 Å². The van der Waals surface area contributed by atoms with Gasteiger partial charge in [0.25, 0.3) is 0 Å². The molecule has 0 spiro atoms. The quantitative estimate of drug-likeness (QED) is 0.807. The first-order valence-electron chi connectivity index (χ1n) is 6.37. The highest BCUT2D eigenvalue weighted by molar-refractivity contribution is 5.40. The van der Waals surface area contributed by atoms with Crippen molar-refractivity contribution >= 4 is 0 Å². The molecule has 0 aliphatic carbocycles. The maximum Gasteiger partial charge on any atom is 0.122 e. The van der Waals surface area contributed by atoms with Gasteiger partial charge in [0.05, 0.1) is 14.2 Å². The minimum absolute atomic E-state index is 0.198. The third-order valence-electron chi connectivity index (χ3n) is 3.23. The molecule has 0 saturated heterocycles. The minimum Gasteiger partial charge on any atom is -0.497 e. The molecule has 0 heterocycles. The number of rotatable bonds is 7. The van der Waals surface area contributed by atoms with Gasteiger partial charge in [-0.3, -0.25) is 4.90 Å². The van der Waals surface area contributed by atoms with Crippen LogP contribution in [0.2, 0.25) is 0 Å². The summed E-state index contributed by atoms with van der Waals surface area (Å²) in [7, 11) is 3.32. The van der Waals surface area contributed by atoms with E-state index >= 15 is 0 Å². The van der Waals surface area contributed by atoms with Crippen LogP contribution in [-0.2, 0) is 0 Å². The van der Waals surface area contributed by atoms with Gasteiger partial charge >= 0.3 is 0 Å². The van der Waals surface area contributed by atoms with Gasteiger partial charge in [0.1, 0.15) is 11.5 Å². The van der Waals surface area contributed by atoms with Crippen molar-refractivity contribution in [3.05, 3.63) is 23.8 Å². The Morgan fingerprint density at radius 2 is 1.56 bits per heavy atom. The molecule has 2 N–H and O–H groups in total. The van der Waals surface area contributed by atoms with Crippen LogP contribution in [0.1, 0.15) is 25.5 Å². The molecule has 1 atom stereocenters. The molecule has 0 aliphatic heterocycles. The Hall–Kier alpha value is -1.26. The van der Waals surface area contributed by atoms with Gasteiger partial charge in [-0.1, -0.05) is 13.8 Å². The van der Waals surface area contributed by atoms with Gasteiger partial charge < -0.3 is 15.2 Å². The zero-order valence-corrected chi connectivity index (χ0v) is 11.8. The van der Waals surface area contributed by atoms with Crippen LogP contribution in [-0.4, -0.2) is 38.8 Å². The first-order chi connectivity index (χ1) is 8.69. The van der Waals surface area contributed by atoms with Crippen molar-refractivity contribution in [2.45, 2.75) is 19.9 Å². The Morgan fingerprint density at radius 1 is 1.06 bits per heavy atom. The van der Waals surface area contributed by atoms with Crippen LogP contribution in [0.3, 0.4) is 0 Å². The number of methoxy groups -OCH3 is 2. The number of hydrogen-bond donors (Lipinski definition) is 1. The summed E-state index contributed by atoms with van der Waals surface area (Å²) >= 11 is 0. The Morgan fingerprint density at radius 3 is 1.89 bits per heavy atom. The lowest BCUT2D eigenvalue weighted by Gasteiger charge is -2.29. The van der Waals surface area contributed by atoms with Crippen molar-refractivity contribution in [3.8, 4) is 11.5 Å². The molecule has 0 fully saturated rings. The standard InChI is InChI=1S/C14H24N2O2/c1-5-16(6-2)14(10-15)11-7-12(17-3)9-13(8-11)18-4/h7-9,14H,5-6,10,15H2,1-4H3/t14-/m0/s1. The molecule has 0 aliphatic rings. The number of nitrogens with two attached hydrogens (primary N) is 1. The zero-order chi connectivity index (χ0) is 13.5. The summed E-state index contributed by atoms with van der Waals surface area (Å²) < 4.78 is 10.6. The molecular weight excluding hydrogens is 228 g/mol. The van der Waals surface area contributed by atoms with Crippen molar-refractivity contribution in [3.63, 3.8) is 0 Å². The third kappa shape index (κ3) is 3.37. The molecule has 1 aromatic rings. The van der Waals surface area contributed by atoms with E-state index in [2.05, 4.69) is 18.7 Å². The summed E-state index contributed by atoms with van der Waals surface area (Å²) in [6, 6.07) is 6.12. The maximum absolute atomic E-state index is 5.92. The largest absolute Gasteiger partial charge is 0.497 e. The molecule has 0 unspecified atom stereocenters. The second-order valence-electron chi connectivity index (χ2n) is 4.12. The average Bonchev–Trinajstić information content (AvgIpc) is 2.43. The van der Waals surface area contributed by atoms with Crippen molar-refractivity contribution in [2.75, 3.05) is 33.9 Å². The van der Waals surface area contributed by atoms with Crippen LogP contribution in [0.15, 0.2) is 18.2 Å². The first-order valence-corrected chi connectivity index (χ1v) is 6.37. The van der Waals surface area contributed by atoms with E-state index in [-0.39, 0.29) is 6.04 Å². The van der Waals surface area contributed by atoms with E-state index in [4.69, 9.17) is 15.2 Å². The molecule has 0 bridgehead atoms. The van der Waals surface area contributed by atoms with Gasteiger partial charge in [-0.15, -0.1) is 0 Å². The summed E-state index contributed by atoms with van der Waals surface area (Å²) in [6.07, 6.45) is 0. The fourth-order valence-electron chi connectivity index (χ4n) is 2.18. The molecule has 0 radical (unpaired) electrons. The lowest BCUT2D eigenvalue weighted by molar-refractivity contribution is 0.223. The van der Waals surface area contributed by atoms with E-state index in [0.717, 1.165) is 30.2 Å². The third-order valence-corrected chi connectivity index (χ3v) is 3.23. The number of likely N-dealkylation sites (N-methyl/N-ethyl adjacent to an activating group) is 1. The van der Waals surface area contributed by atoms with Gasteiger partial charge in [-0.05, 0) is 30.8 Å². The first kappa shape index (κ1) is 14.8. The monoisotopic (exact) mass is 252 g/mol. The predicted octanol–water partition coefficient (Wildman–Crippen LogP) is 2.05. The summed E-state index contributed by atoms with van der Waals surface area (Å²) in [5.74, 6) is 1.60. The predicted molar refractivity (Wildman–Crippen MR) is 74.3 cm³/mol. The van der Waals surface area contributed by atoms with Crippen LogP contribution in [0.4, 0.5) is 0 Å². The highest BCUT2D eigenvalue weighted by Crippen LogP contribution is 2.28. The van der Waals surface area contributed by atoms with E-state index in [1.165, 1.54) is 0 Å². The van der Waals surface area contributed by atoms with Gasteiger partial charge in [-0.2, -0.15) is 0 Å². The van der Waals surface area contributed by atoms with Crippen LogP contribution < -0.4 is 15.2 Å². The maximum atomic E-state index is 5.92. The SMILES string of the molecule is CCN(CC)[C@@H](CN)c1cc(OC)cc(OC)c1. The molecular formula is C14H24N2O2. The van der Waals surface area contributed by atoms with Gasteiger partial charge in [0.15, 0.2) is 0 Å². The number of hydrogen-bond acceptors (Lipinski definition) is 4. The molecule has 1 aromatic carbocycles. The second kappa shape index (κ2) is 7.24. The highest BCUT2D eigenvalue weighted by Gasteiger charge is 2.17. The van der Waals surface area contributed by atoms with Gasteiger partial charge in [-0.25, -0.2) is 0 Å². The topological polar surface area (TPSA) is 47.7 Å². The van der Waals surface area contributed by atoms with Crippen LogP contribution in [0, 0.1) is 0 Å². The fourth-order valence-corrected chi connectivity index (χ4v) is 2.18. The van der Waals surface area contributed by atoms with Crippen molar-refractivity contribution < 1.29 is 9.47 Å². The highest BCUT2D eigenvalue weighted by atomic mass is 16.5. The molecule has 0 aromatic heterocycles. The summed E-state index contributed by atoms with van der Waals surface area (Å²) in [4.78, 5) is 2.33. The van der Waals surface area contributed by atoms with Gasteiger partial charge in [0, 0.05) is 18.7 Å². The molecule has 0 amide bonds. The number of ether oxygens (including phenoxy) is 2. The second-order valence-corrected chi connectivity index (χ2v) is 4.12. The summed E-state index contributed by atoms with van der Waals surface area (Å²) in [5, 5.41) is 0. The molecule has 4 heteroatoms. The summed E-state index contributed by atoms with van der Waals surface area (Å²) in [5.41, 5.74) is 7.05. The van der Waals surface area contributed by atoms with Crippen LogP contribution in [0.5, 0.6) is 11.5 Å². The minimum atomic E-state index is 0.198. The van der Waals surface area contributed by atoms with Crippen LogP contribution >= 0.6 is 0 Å². The van der Waals surface area contributed by atoms with Crippen molar-refractivity contribution in [2.24, 2.45) is 5.73 Å². The Kier molecular flexibility index (Phi) is 5.95. The van der Waals surface area contributed by atoms with E-state index in [9.17, 15) is 0 Å². The van der Waals surface area contributed by atoms with E-state index in [0.29, 0.717) is 6.54 Å². The fraction of sp³-hybridized carbons (Fsp3) is 0.571. The lowest BCUT2D eigenvalue weighted by atomic mass is 10.0. The normalized spacial score (nSPS) is 12.6. The Bertz CT molecular complexity index is 343. The molecule has 18 heavy (non-hydrogen) atoms. The Balaban J connectivity index is 3.11. The van der Waals surface area contributed by atoms with E-state index < -0.39 is 0 Å². The van der Waals surface area contributed by atoms with Crippen LogP contribution in [0.25, 0.3) is 0 Å². The lowest BCUT2D eigenvalue weighted by Crippen LogP contribution is -2.33. The van der Waals surface area contributed by atoms with Crippen molar-refractivity contribution in [1.29, 1.82) is 0 Å². The van der Waals surface area contributed by atoms with E-state index in [1.807, 2.05) is 18.2 Å². The smallest absolute Gasteiger partial charge is 0.122 e. The molecule has 4 nitrogen and oxygen atoms in total. The molecule has 1 rings (SSSR count). The summed E-state index contributed by atoms with van der Waals surface area (Å²) in [6.45, 7) is 6.81. The molecule has 0 saturated carbocycles. The average molecular weight is 252 g/mol. The Labute approximate surface area is 110 Å². The van der Waals surface area contributed by atoms with Gasteiger partial charge in [0.2, 0.25) is 0 Å². The molecule has 102 valence electrons. The number of benzene rings is 1.